The molecule has 1 atom stereocenters. The van der Waals surface area contributed by atoms with Gasteiger partial charge in [-0.25, -0.2) is 0 Å². The van der Waals surface area contributed by atoms with Gasteiger partial charge in [0.15, 0.2) is 6.10 Å². The second kappa shape index (κ2) is 8.97. The van der Waals surface area contributed by atoms with Crippen molar-refractivity contribution in [2.24, 2.45) is 0 Å². The maximum atomic E-state index is 13.4. The van der Waals surface area contributed by atoms with Crippen molar-refractivity contribution in [3.05, 3.63) is 56.4 Å². The highest BCUT2D eigenvalue weighted by Gasteiger charge is 2.31. The van der Waals surface area contributed by atoms with Gasteiger partial charge in [-0.2, -0.15) is 5.26 Å². The molecule has 0 aliphatic heterocycles. The summed E-state index contributed by atoms with van der Waals surface area (Å²) in [7, 11) is 0. The van der Waals surface area contributed by atoms with E-state index in [1.807, 2.05) is 31.2 Å². The summed E-state index contributed by atoms with van der Waals surface area (Å²) in [6.45, 7) is 9.22. The monoisotopic (exact) mass is 422 g/mol. The largest absolute Gasteiger partial charge is 0.494 e. The molecule has 3 rings (SSSR count). The fourth-order valence-corrected chi connectivity index (χ4v) is 4.39. The molecule has 1 unspecified atom stereocenters. The molecule has 2 aromatic rings. The summed E-state index contributed by atoms with van der Waals surface area (Å²) in [5.41, 5.74) is 1.57. The molecule has 1 aromatic carbocycles. The number of hydrogen-bond donors (Lipinski definition) is 1. The Morgan fingerprint density at radius 2 is 1.87 bits per heavy atom. The van der Waals surface area contributed by atoms with Crippen LogP contribution in [0.1, 0.15) is 91.0 Å². The van der Waals surface area contributed by atoms with Crippen LogP contribution < -0.4 is 10.3 Å². The smallest absolute Gasteiger partial charge is 0.271 e. The number of aromatic nitrogens is 1. The molecule has 1 N–H and O–H groups in total. The van der Waals surface area contributed by atoms with E-state index in [2.05, 4.69) is 13.8 Å². The Morgan fingerprint density at radius 3 is 2.45 bits per heavy atom. The second-order valence-corrected chi connectivity index (χ2v) is 8.74. The molecule has 0 amide bonds. The molecule has 31 heavy (non-hydrogen) atoms. The minimum atomic E-state index is -0.898. The summed E-state index contributed by atoms with van der Waals surface area (Å²) in [6, 6.07) is 7.62. The standard InChI is InChI=1S/C25H30N2O4/c1-14(2)19-11-10-15(3)12-21(19)31-17(5)23(28)22-16(4)20(13-26)24(29)27(25(22)30)18-8-6-7-9-18/h10-12,14,17-18,30H,6-9H2,1-5H3. The highest BCUT2D eigenvalue weighted by Crippen LogP contribution is 2.35. The number of hydrogen-bond acceptors (Lipinski definition) is 5. The van der Waals surface area contributed by atoms with Crippen LogP contribution in [0.2, 0.25) is 0 Å². The van der Waals surface area contributed by atoms with Gasteiger partial charge >= 0.3 is 0 Å². The van der Waals surface area contributed by atoms with Gasteiger partial charge in [0.25, 0.3) is 5.56 Å². The Hall–Kier alpha value is -3.07. The van der Waals surface area contributed by atoms with Gasteiger partial charge in [0.05, 0.1) is 5.56 Å². The number of nitrogens with zero attached hydrogens (tertiary/aromatic N) is 2. The molecule has 1 fully saturated rings. The summed E-state index contributed by atoms with van der Waals surface area (Å²) < 4.78 is 7.29. The van der Waals surface area contributed by atoms with Crippen molar-refractivity contribution in [1.82, 2.24) is 4.57 Å². The molecule has 1 aliphatic rings. The molecule has 164 valence electrons. The molecule has 0 spiro atoms. The molecule has 6 heteroatoms. The first kappa shape index (κ1) is 22.6. The van der Waals surface area contributed by atoms with Gasteiger partial charge < -0.3 is 9.84 Å². The number of pyridine rings is 1. The van der Waals surface area contributed by atoms with E-state index >= 15 is 0 Å². The molecule has 0 radical (unpaired) electrons. The first-order valence-electron chi connectivity index (χ1n) is 10.9. The number of aromatic hydroxyl groups is 1. The summed E-state index contributed by atoms with van der Waals surface area (Å²) in [5.74, 6) is 0.0248. The molecule has 1 saturated carbocycles. The lowest BCUT2D eigenvalue weighted by atomic mass is 9.97. The van der Waals surface area contributed by atoms with Gasteiger partial charge in [-0.15, -0.1) is 0 Å². The predicted octanol–water partition coefficient (Wildman–Crippen LogP) is 4.93. The van der Waals surface area contributed by atoms with Crippen LogP contribution in [0.5, 0.6) is 11.6 Å². The average Bonchev–Trinajstić information content (AvgIpc) is 3.22. The minimum absolute atomic E-state index is 0.00528. The SMILES string of the molecule is Cc1ccc(C(C)C)c(OC(C)C(=O)c2c(C)c(C#N)c(=O)n(C3CCCC3)c2O)c1. The first-order chi connectivity index (χ1) is 14.7. The quantitative estimate of drug-likeness (QED) is 0.666. The lowest BCUT2D eigenvalue weighted by Gasteiger charge is -2.23. The molecule has 1 heterocycles. The van der Waals surface area contributed by atoms with E-state index in [0.29, 0.717) is 5.75 Å². The summed E-state index contributed by atoms with van der Waals surface area (Å²) in [6.07, 6.45) is 2.47. The van der Waals surface area contributed by atoms with Crippen molar-refractivity contribution in [1.29, 1.82) is 5.26 Å². The Balaban J connectivity index is 2.06. The molecule has 6 nitrogen and oxygen atoms in total. The van der Waals surface area contributed by atoms with Crippen molar-refractivity contribution in [2.75, 3.05) is 0 Å². The Kier molecular flexibility index (Phi) is 6.54. The number of benzene rings is 1. The molecular weight excluding hydrogens is 392 g/mol. The fraction of sp³-hybridized carbons (Fsp3) is 0.480. The number of aryl methyl sites for hydroxylation is 1. The number of rotatable bonds is 6. The third-order valence-electron chi connectivity index (χ3n) is 6.15. The van der Waals surface area contributed by atoms with E-state index < -0.39 is 17.4 Å². The first-order valence-corrected chi connectivity index (χ1v) is 10.9. The third kappa shape index (κ3) is 4.23. The highest BCUT2D eigenvalue weighted by atomic mass is 16.5. The Labute approximate surface area is 183 Å². The van der Waals surface area contributed by atoms with Crippen LogP contribution in [0.3, 0.4) is 0 Å². The zero-order valence-corrected chi connectivity index (χ0v) is 18.9. The number of nitriles is 1. The van der Waals surface area contributed by atoms with E-state index in [9.17, 15) is 20.0 Å². The molecule has 0 bridgehead atoms. The van der Waals surface area contributed by atoms with Crippen molar-refractivity contribution in [3.8, 4) is 17.7 Å². The van der Waals surface area contributed by atoms with E-state index in [0.717, 1.165) is 36.8 Å². The van der Waals surface area contributed by atoms with Gasteiger partial charge in [-0.05, 0) is 62.3 Å². The average molecular weight is 423 g/mol. The fourth-order valence-electron chi connectivity index (χ4n) is 4.39. The Bertz CT molecular complexity index is 1100. The lowest BCUT2D eigenvalue weighted by Crippen LogP contribution is -2.32. The Morgan fingerprint density at radius 1 is 1.23 bits per heavy atom. The van der Waals surface area contributed by atoms with Crippen molar-refractivity contribution in [3.63, 3.8) is 0 Å². The molecule has 1 aliphatic carbocycles. The van der Waals surface area contributed by atoms with E-state index in [4.69, 9.17) is 4.74 Å². The van der Waals surface area contributed by atoms with Gasteiger partial charge in [-0.1, -0.05) is 38.8 Å². The number of ether oxygens (including phenoxy) is 1. The highest BCUT2D eigenvalue weighted by molar-refractivity contribution is 6.03. The second-order valence-electron chi connectivity index (χ2n) is 8.74. The molecule has 1 aromatic heterocycles. The van der Waals surface area contributed by atoms with Crippen LogP contribution in [0.25, 0.3) is 0 Å². The molecule has 0 saturated heterocycles. The predicted molar refractivity (Wildman–Crippen MR) is 119 cm³/mol. The van der Waals surface area contributed by atoms with Gasteiger partial charge in [0.2, 0.25) is 11.7 Å². The summed E-state index contributed by atoms with van der Waals surface area (Å²) in [5, 5.41) is 20.6. The van der Waals surface area contributed by atoms with Crippen molar-refractivity contribution < 1.29 is 14.6 Å². The number of ketones is 1. The zero-order chi connectivity index (χ0) is 22.9. The van der Waals surface area contributed by atoms with Crippen LogP contribution >= 0.6 is 0 Å². The lowest BCUT2D eigenvalue weighted by molar-refractivity contribution is 0.0810. The number of carbonyl (C=O) groups is 1. The summed E-state index contributed by atoms with van der Waals surface area (Å²) >= 11 is 0. The third-order valence-corrected chi connectivity index (χ3v) is 6.15. The van der Waals surface area contributed by atoms with Crippen molar-refractivity contribution >= 4 is 5.78 Å². The van der Waals surface area contributed by atoms with Gasteiger partial charge in [-0.3, -0.25) is 14.2 Å². The van der Waals surface area contributed by atoms with Gasteiger partial charge in [0.1, 0.15) is 17.4 Å². The maximum Gasteiger partial charge on any atom is 0.271 e. The van der Waals surface area contributed by atoms with E-state index in [1.54, 1.807) is 6.92 Å². The number of Topliss-reactive ketones (excluding diaryl/α,β-unsaturated/α-hetero) is 1. The van der Waals surface area contributed by atoms with Gasteiger partial charge in [0, 0.05) is 6.04 Å². The van der Waals surface area contributed by atoms with E-state index in [1.165, 1.54) is 11.5 Å². The zero-order valence-electron chi connectivity index (χ0n) is 18.9. The maximum absolute atomic E-state index is 13.4. The van der Waals surface area contributed by atoms with Crippen LogP contribution in [0.15, 0.2) is 23.0 Å². The topological polar surface area (TPSA) is 92.3 Å². The van der Waals surface area contributed by atoms with E-state index in [-0.39, 0.29) is 34.5 Å². The van der Waals surface area contributed by atoms with Crippen LogP contribution in [-0.4, -0.2) is 21.6 Å². The van der Waals surface area contributed by atoms with Crippen molar-refractivity contribution in [2.45, 2.75) is 78.4 Å². The molecular formula is C25H30N2O4. The normalized spacial score (nSPS) is 15.1. The number of carbonyl (C=O) groups excluding carboxylic acids is 1. The summed E-state index contributed by atoms with van der Waals surface area (Å²) in [4.78, 5) is 26.3. The minimum Gasteiger partial charge on any atom is -0.494 e. The van der Waals surface area contributed by atoms with Crippen LogP contribution in [0, 0.1) is 25.2 Å². The van der Waals surface area contributed by atoms with Crippen LogP contribution in [-0.2, 0) is 0 Å². The van der Waals surface area contributed by atoms with Crippen LogP contribution in [0.4, 0.5) is 0 Å².